The summed E-state index contributed by atoms with van der Waals surface area (Å²) in [6.07, 6.45) is 1.54. The van der Waals surface area contributed by atoms with E-state index >= 15 is 0 Å². The van der Waals surface area contributed by atoms with Crippen LogP contribution < -0.4 is 4.90 Å². The Balaban J connectivity index is 2.81. The second-order valence-corrected chi connectivity index (χ2v) is 4.27. The molecule has 0 N–H and O–H groups in total. The fraction of sp³-hybridized carbons (Fsp3) is 0.615. The fourth-order valence-corrected chi connectivity index (χ4v) is 1.57. The topological polar surface area (TPSA) is 55.3 Å². The third-order valence-corrected chi connectivity index (χ3v) is 2.60. The van der Waals surface area contributed by atoms with E-state index in [1.807, 2.05) is 17.9 Å². The van der Waals surface area contributed by atoms with Crippen molar-refractivity contribution in [2.45, 2.75) is 33.6 Å². The molecule has 0 aromatic carbocycles. The normalized spacial score (nSPS) is 10.5. The summed E-state index contributed by atoms with van der Waals surface area (Å²) in [7, 11) is 0. The smallest absolute Gasteiger partial charge is 0.325 e. The first kappa shape index (κ1) is 14.4. The predicted molar refractivity (Wildman–Crippen MR) is 70.6 cm³/mol. The Morgan fingerprint density at radius 1 is 1.39 bits per heavy atom. The molecule has 5 nitrogen and oxygen atoms in total. The maximum Gasteiger partial charge on any atom is 0.325 e. The van der Waals surface area contributed by atoms with E-state index in [2.05, 4.69) is 23.8 Å². The number of likely N-dealkylation sites (N-methyl/N-ethyl adjacent to an activating group) is 1. The molecule has 0 fully saturated rings. The van der Waals surface area contributed by atoms with Crippen molar-refractivity contribution in [2.75, 3.05) is 24.6 Å². The van der Waals surface area contributed by atoms with Gasteiger partial charge in [-0.05, 0) is 19.8 Å². The number of ether oxygens (including phenoxy) is 1. The van der Waals surface area contributed by atoms with Crippen LogP contribution in [0.3, 0.4) is 0 Å². The van der Waals surface area contributed by atoms with E-state index in [-0.39, 0.29) is 12.5 Å². The van der Waals surface area contributed by atoms with Crippen LogP contribution in [-0.4, -0.2) is 35.6 Å². The van der Waals surface area contributed by atoms with Gasteiger partial charge in [-0.1, -0.05) is 13.8 Å². The van der Waals surface area contributed by atoms with Crippen LogP contribution in [0.4, 0.5) is 5.82 Å². The van der Waals surface area contributed by atoms with Crippen molar-refractivity contribution in [3.63, 3.8) is 0 Å². The maximum atomic E-state index is 11.5. The molecule has 0 saturated heterocycles. The van der Waals surface area contributed by atoms with Crippen LogP contribution >= 0.6 is 0 Å². The van der Waals surface area contributed by atoms with Gasteiger partial charge in [0.25, 0.3) is 0 Å². The van der Waals surface area contributed by atoms with Crippen LogP contribution in [0.15, 0.2) is 12.4 Å². The molecule has 0 spiro atoms. The van der Waals surface area contributed by atoms with Gasteiger partial charge in [-0.15, -0.1) is 0 Å². The third-order valence-electron chi connectivity index (χ3n) is 2.60. The number of esters is 1. The van der Waals surface area contributed by atoms with Gasteiger partial charge in [-0.2, -0.15) is 0 Å². The molecule has 0 radical (unpaired) electrons. The second-order valence-electron chi connectivity index (χ2n) is 4.27. The number of hydrogen-bond acceptors (Lipinski definition) is 5. The summed E-state index contributed by atoms with van der Waals surface area (Å²) in [5, 5.41) is 0. The van der Waals surface area contributed by atoms with Gasteiger partial charge in [0.15, 0.2) is 0 Å². The molecular weight excluding hydrogens is 230 g/mol. The van der Waals surface area contributed by atoms with Gasteiger partial charge in [0.05, 0.1) is 6.61 Å². The lowest BCUT2D eigenvalue weighted by molar-refractivity contribution is -0.141. The number of rotatable bonds is 6. The molecular formula is C13H21N3O2. The summed E-state index contributed by atoms with van der Waals surface area (Å²) >= 11 is 0. The number of anilines is 1. The highest BCUT2D eigenvalue weighted by Crippen LogP contribution is 2.16. The van der Waals surface area contributed by atoms with Crippen LogP contribution in [0, 0.1) is 0 Å². The van der Waals surface area contributed by atoms with Gasteiger partial charge in [-0.25, -0.2) is 9.97 Å². The van der Waals surface area contributed by atoms with Gasteiger partial charge in [0, 0.05) is 18.3 Å². The van der Waals surface area contributed by atoms with Crippen molar-refractivity contribution < 1.29 is 9.53 Å². The molecule has 0 aliphatic carbocycles. The molecule has 1 rings (SSSR count). The largest absolute Gasteiger partial charge is 0.465 e. The molecule has 0 bridgehead atoms. The Bertz CT molecular complexity index is 394. The molecule has 0 aliphatic heterocycles. The molecule has 100 valence electrons. The lowest BCUT2D eigenvalue weighted by atomic mass is 10.1. The SMILES string of the molecule is CCOC(=O)CN(CC)c1cc(C(C)C)ncn1. The van der Waals surface area contributed by atoms with E-state index in [0.29, 0.717) is 19.1 Å². The number of hydrogen-bond donors (Lipinski definition) is 0. The van der Waals surface area contributed by atoms with Gasteiger partial charge in [0.1, 0.15) is 18.7 Å². The zero-order chi connectivity index (χ0) is 13.5. The lowest BCUT2D eigenvalue weighted by Gasteiger charge is -2.21. The van der Waals surface area contributed by atoms with Crippen molar-refractivity contribution in [1.29, 1.82) is 0 Å². The first-order chi connectivity index (χ1) is 8.58. The van der Waals surface area contributed by atoms with Crippen LogP contribution in [-0.2, 0) is 9.53 Å². The van der Waals surface area contributed by atoms with Crippen molar-refractivity contribution in [3.8, 4) is 0 Å². The van der Waals surface area contributed by atoms with Crippen LogP contribution in [0.25, 0.3) is 0 Å². The number of carbonyl (C=O) groups is 1. The van der Waals surface area contributed by atoms with Crippen molar-refractivity contribution in [3.05, 3.63) is 18.1 Å². The van der Waals surface area contributed by atoms with Crippen molar-refractivity contribution in [2.24, 2.45) is 0 Å². The Labute approximate surface area is 108 Å². The average molecular weight is 251 g/mol. The first-order valence-corrected chi connectivity index (χ1v) is 6.31. The highest BCUT2D eigenvalue weighted by atomic mass is 16.5. The average Bonchev–Trinajstić information content (AvgIpc) is 2.36. The molecule has 0 atom stereocenters. The zero-order valence-electron chi connectivity index (χ0n) is 11.5. The van der Waals surface area contributed by atoms with Crippen molar-refractivity contribution in [1.82, 2.24) is 9.97 Å². The Morgan fingerprint density at radius 3 is 2.67 bits per heavy atom. The van der Waals surface area contributed by atoms with Crippen LogP contribution in [0.5, 0.6) is 0 Å². The standard InChI is InChI=1S/C13H21N3O2/c1-5-16(8-13(17)18-6-2)12-7-11(10(3)4)14-9-15-12/h7,9-10H,5-6,8H2,1-4H3. The number of aromatic nitrogens is 2. The zero-order valence-corrected chi connectivity index (χ0v) is 11.5. The van der Waals surface area contributed by atoms with Gasteiger partial charge >= 0.3 is 5.97 Å². The molecule has 5 heteroatoms. The predicted octanol–water partition coefficient (Wildman–Crippen LogP) is 1.99. The lowest BCUT2D eigenvalue weighted by Crippen LogP contribution is -2.31. The van der Waals surface area contributed by atoms with Gasteiger partial charge in [0.2, 0.25) is 0 Å². The molecule has 0 saturated carbocycles. The molecule has 18 heavy (non-hydrogen) atoms. The second kappa shape index (κ2) is 6.93. The summed E-state index contributed by atoms with van der Waals surface area (Å²) in [4.78, 5) is 21.8. The summed E-state index contributed by atoms with van der Waals surface area (Å²) in [6, 6.07) is 1.92. The Hall–Kier alpha value is -1.65. The first-order valence-electron chi connectivity index (χ1n) is 6.31. The molecule has 1 heterocycles. The van der Waals surface area contributed by atoms with Crippen LogP contribution in [0.1, 0.15) is 39.3 Å². The van der Waals surface area contributed by atoms with E-state index in [9.17, 15) is 4.79 Å². The Kier molecular flexibility index (Phi) is 5.55. The molecule has 0 aliphatic rings. The molecule has 1 aromatic rings. The van der Waals surface area contributed by atoms with E-state index in [0.717, 1.165) is 11.5 Å². The highest BCUT2D eigenvalue weighted by Gasteiger charge is 2.13. The summed E-state index contributed by atoms with van der Waals surface area (Å²) in [5.41, 5.74) is 0.974. The molecule has 0 amide bonds. The Morgan fingerprint density at radius 2 is 2.11 bits per heavy atom. The number of carbonyl (C=O) groups excluding carboxylic acids is 1. The highest BCUT2D eigenvalue weighted by molar-refractivity contribution is 5.75. The third kappa shape index (κ3) is 3.98. The van der Waals surface area contributed by atoms with E-state index in [1.165, 1.54) is 0 Å². The minimum atomic E-state index is -0.232. The summed E-state index contributed by atoms with van der Waals surface area (Å²) < 4.78 is 4.95. The van der Waals surface area contributed by atoms with Crippen molar-refractivity contribution >= 4 is 11.8 Å². The van der Waals surface area contributed by atoms with E-state index in [4.69, 9.17) is 4.74 Å². The quantitative estimate of drug-likeness (QED) is 0.724. The number of nitrogens with zero attached hydrogens (tertiary/aromatic N) is 3. The monoisotopic (exact) mass is 251 g/mol. The maximum absolute atomic E-state index is 11.5. The molecule has 0 unspecified atom stereocenters. The van der Waals surface area contributed by atoms with Gasteiger partial charge in [-0.3, -0.25) is 4.79 Å². The molecule has 1 aromatic heterocycles. The fourth-order valence-electron chi connectivity index (χ4n) is 1.57. The minimum absolute atomic E-state index is 0.221. The minimum Gasteiger partial charge on any atom is -0.465 e. The van der Waals surface area contributed by atoms with Gasteiger partial charge < -0.3 is 9.64 Å². The summed E-state index contributed by atoms with van der Waals surface area (Å²) in [5.74, 6) is 0.876. The van der Waals surface area contributed by atoms with Crippen LogP contribution in [0.2, 0.25) is 0 Å². The van der Waals surface area contributed by atoms with E-state index < -0.39 is 0 Å². The summed E-state index contributed by atoms with van der Waals surface area (Å²) in [6.45, 7) is 9.26. The van der Waals surface area contributed by atoms with E-state index in [1.54, 1.807) is 13.3 Å².